The molecule has 2 rings (SSSR count). The largest absolute Gasteiger partial charge is 0.464 e. The first-order valence-corrected chi connectivity index (χ1v) is 25.9. The van der Waals surface area contributed by atoms with Crippen molar-refractivity contribution < 1.29 is 48.0 Å². The van der Waals surface area contributed by atoms with Gasteiger partial charge < -0.3 is 34.7 Å². The second kappa shape index (κ2) is 19.2. The highest BCUT2D eigenvalue weighted by Crippen LogP contribution is 2.46. The molecule has 5 atom stereocenters. The van der Waals surface area contributed by atoms with Gasteiger partial charge in [0, 0.05) is 28.5 Å². The summed E-state index contributed by atoms with van der Waals surface area (Å²) in [5.74, 6) is -1.79. The topological polar surface area (TPSA) is 170 Å². The third-order valence-electron chi connectivity index (χ3n) is 8.70. The molecule has 15 heteroatoms. The molecule has 0 bridgehead atoms. The number of likely N-dealkylation sites (tertiary alicyclic amines) is 1. The van der Waals surface area contributed by atoms with Gasteiger partial charge in [0.25, 0.3) is 0 Å². The van der Waals surface area contributed by atoms with Crippen LogP contribution in [-0.2, 0) is 33.3 Å². The summed E-state index contributed by atoms with van der Waals surface area (Å²) in [4.78, 5) is 65.9. The van der Waals surface area contributed by atoms with Gasteiger partial charge in [-0.1, -0.05) is 64.3 Å². The van der Waals surface area contributed by atoms with E-state index in [2.05, 4.69) is 49.9 Å². The predicted octanol–water partition coefficient (Wildman–Crippen LogP) is 5.62. The van der Waals surface area contributed by atoms with E-state index in [9.17, 15) is 29.1 Å². The number of rotatable bonds is 19. The molecule has 1 saturated carbocycles. The summed E-state index contributed by atoms with van der Waals surface area (Å²) in [6.45, 7) is 20.8. The lowest BCUT2D eigenvalue weighted by Crippen LogP contribution is -2.53. The van der Waals surface area contributed by atoms with Crippen LogP contribution in [0.15, 0.2) is 12.2 Å². The van der Waals surface area contributed by atoms with Crippen LogP contribution in [0.25, 0.3) is 0 Å². The Morgan fingerprint density at radius 2 is 1.57 bits per heavy atom. The average molecular weight is 756 g/mol. The lowest BCUT2D eigenvalue weighted by Gasteiger charge is -2.26. The van der Waals surface area contributed by atoms with E-state index in [4.69, 9.17) is 18.9 Å². The lowest BCUT2D eigenvalue weighted by atomic mass is 10.1. The number of ether oxygens (including phenoxy) is 4. The molecule has 0 spiro atoms. The smallest absolute Gasteiger partial charge is 0.410 e. The number of alkyl carbamates (subject to hydrolysis) is 1. The Hall–Kier alpha value is -2.92. The van der Waals surface area contributed by atoms with Gasteiger partial charge in [0.15, 0.2) is 0 Å². The highest BCUT2D eigenvalue weighted by molar-refractivity contribution is 6.76. The maximum Gasteiger partial charge on any atom is 0.410 e. The van der Waals surface area contributed by atoms with Crippen LogP contribution in [0.5, 0.6) is 0 Å². The Bertz CT molecular complexity index is 1230. The monoisotopic (exact) mass is 755 g/mol. The van der Waals surface area contributed by atoms with Crippen LogP contribution in [0, 0.1) is 5.92 Å². The standard InChI is InChI=1S/C36H65N3O10Si2/c1-11-46-32(43)36(38-30(41)29-23-27(40)25-39(29)34(45)48-20-22-51(8,9)10)24-26(36)17-15-13-12-14-16-18-28(37-33(44)49-35(2,3)4)31(42)47-19-21-50(5,6)7/h15,17,26-29,40H,11-14,16,18-25H2,1-10H3,(H,37,44)(H,38,41)/t26-,27-,28+,29+,36-/m1/s1. The average Bonchev–Trinajstić information content (AvgIpc) is 3.53. The first-order valence-electron chi connectivity index (χ1n) is 18.5. The van der Waals surface area contributed by atoms with Gasteiger partial charge in [-0.3, -0.25) is 9.69 Å². The Balaban J connectivity index is 1.93. The van der Waals surface area contributed by atoms with Crippen molar-refractivity contribution in [3.05, 3.63) is 12.2 Å². The SMILES string of the molecule is CCOC(=O)[C@@]1(NC(=O)[C@@H]2C[C@@H](O)CN2C(=O)OCC[Si](C)(C)C)C[C@H]1C=CCCCCC[C@H](NC(=O)OC(C)(C)C)C(=O)OCC[Si](C)(C)C. The molecule has 1 heterocycles. The molecule has 3 amide bonds. The quantitative estimate of drug-likeness (QED) is 0.0495. The minimum absolute atomic E-state index is 0.0167. The highest BCUT2D eigenvalue weighted by atomic mass is 28.3. The van der Waals surface area contributed by atoms with E-state index >= 15 is 0 Å². The number of allylic oxidation sites excluding steroid dienone is 1. The zero-order chi connectivity index (χ0) is 38.6. The molecule has 2 aliphatic rings. The van der Waals surface area contributed by atoms with E-state index < -0.39 is 75.5 Å². The van der Waals surface area contributed by atoms with Gasteiger partial charge in [0.05, 0.1) is 32.5 Å². The van der Waals surface area contributed by atoms with E-state index in [0.717, 1.165) is 24.9 Å². The van der Waals surface area contributed by atoms with E-state index in [0.29, 0.717) is 32.3 Å². The zero-order valence-corrected chi connectivity index (χ0v) is 34.7. The summed E-state index contributed by atoms with van der Waals surface area (Å²) in [6.07, 6.45) is 5.51. The van der Waals surface area contributed by atoms with Crippen molar-refractivity contribution >= 4 is 46.2 Å². The minimum Gasteiger partial charge on any atom is -0.464 e. The molecule has 0 aromatic heterocycles. The summed E-state index contributed by atoms with van der Waals surface area (Å²) >= 11 is 0. The molecule has 13 nitrogen and oxygen atoms in total. The molecular formula is C36H65N3O10Si2. The van der Waals surface area contributed by atoms with E-state index in [1.54, 1.807) is 27.7 Å². The number of aliphatic hydroxyl groups is 1. The van der Waals surface area contributed by atoms with Crippen LogP contribution >= 0.6 is 0 Å². The van der Waals surface area contributed by atoms with Crippen LogP contribution < -0.4 is 10.6 Å². The first-order chi connectivity index (χ1) is 23.6. The zero-order valence-electron chi connectivity index (χ0n) is 32.7. The number of aliphatic hydroxyl groups excluding tert-OH is 1. The lowest BCUT2D eigenvalue weighted by molar-refractivity contribution is -0.149. The molecule has 51 heavy (non-hydrogen) atoms. The highest BCUT2D eigenvalue weighted by Gasteiger charge is 2.62. The third-order valence-corrected chi connectivity index (χ3v) is 12.1. The van der Waals surface area contributed by atoms with Gasteiger partial charge in [-0.2, -0.15) is 0 Å². The first kappa shape index (κ1) is 44.2. The van der Waals surface area contributed by atoms with Crippen molar-refractivity contribution in [1.29, 1.82) is 0 Å². The van der Waals surface area contributed by atoms with Crippen molar-refractivity contribution in [2.24, 2.45) is 5.92 Å². The fraction of sp³-hybridized carbons (Fsp3) is 0.806. The van der Waals surface area contributed by atoms with Gasteiger partial charge in [-0.05, 0) is 65.5 Å². The van der Waals surface area contributed by atoms with Crippen molar-refractivity contribution in [2.45, 2.75) is 153 Å². The Kier molecular flexibility index (Phi) is 16.7. The molecule has 1 aliphatic heterocycles. The number of unbranched alkanes of at least 4 members (excludes halogenated alkanes) is 3. The van der Waals surface area contributed by atoms with Gasteiger partial charge in [-0.25, -0.2) is 19.2 Å². The fourth-order valence-corrected chi connectivity index (χ4v) is 7.04. The van der Waals surface area contributed by atoms with Gasteiger partial charge in [-0.15, -0.1) is 0 Å². The molecule has 1 saturated heterocycles. The maximum atomic E-state index is 13.5. The second-order valence-electron chi connectivity index (χ2n) is 17.2. The van der Waals surface area contributed by atoms with E-state index in [1.165, 1.54) is 4.90 Å². The van der Waals surface area contributed by atoms with Gasteiger partial charge in [0.1, 0.15) is 23.2 Å². The van der Waals surface area contributed by atoms with Crippen molar-refractivity contribution in [2.75, 3.05) is 26.4 Å². The van der Waals surface area contributed by atoms with Crippen molar-refractivity contribution in [3.8, 4) is 0 Å². The van der Waals surface area contributed by atoms with Gasteiger partial charge >= 0.3 is 24.1 Å². The van der Waals surface area contributed by atoms with E-state index in [-0.39, 0.29) is 32.1 Å². The number of hydrogen-bond donors (Lipinski definition) is 3. The van der Waals surface area contributed by atoms with E-state index in [1.807, 2.05) is 12.2 Å². The minimum atomic E-state index is -1.43. The molecule has 0 aromatic carbocycles. The number of β-amino-alcohol motifs (C(OH)–C–C–N with tert-alkyl or cyclic N) is 1. The van der Waals surface area contributed by atoms with Crippen LogP contribution in [0.1, 0.15) is 72.6 Å². The summed E-state index contributed by atoms with van der Waals surface area (Å²) in [5, 5.41) is 15.9. The number of esters is 2. The van der Waals surface area contributed by atoms with Crippen LogP contribution in [0.3, 0.4) is 0 Å². The molecule has 0 radical (unpaired) electrons. The number of hydrogen-bond acceptors (Lipinski definition) is 10. The van der Waals surface area contributed by atoms with Crippen LogP contribution in [0.2, 0.25) is 51.4 Å². The number of carbonyl (C=O) groups is 5. The molecular weight excluding hydrogens is 691 g/mol. The predicted molar refractivity (Wildman–Crippen MR) is 201 cm³/mol. The number of nitrogens with zero attached hydrogens (tertiary/aromatic N) is 1. The van der Waals surface area contributed by atoms with Crippen molar-refractivity contribution in [3.63, 3.8) is 0 Å². The fourth-order valence-electron chi connectivity index (χ4n) is 5.61. The Morgan fingerprint density at radius 3 is 2.16 bits per heavy atom. The summed E-state index contributed by atoms with van der Waals surface area (Å²) in [5.41, 5.74) is -1.93. The summed E-state index contributed by atoms with van der Waals surface area (Å²) in [6, 6.07) is -0.142. The normalized spacial score (nSPS) is 22.6. The summed E-state index contributed by atoms with van der Waals surface area (Å²) in [7, 11) is -2.83. The molecule has 1 aliphatic carbocycles. The maximum absolute atomic E-state index is 13.5. The molecule has 0 unspecified atom stereocenters. The number of nitrogens with one attached hydrogen (secondary N) is 2. The molecule has 0 aromatic rings. The Morgan fingerprint density at radius 1 is 0.941 bits per heavy atom. The second-order valence-corrected chi connectivity index (χ2v) is 28.5. The third kappa shape index (κ3) is 16.1. The molecule has 2 fully saturated rings. The number of amides is 3. The number of carbonyl (C=O) groups excluding carboxylic acids is 5. The van der Waals surface area contributed by atoms with Crippen LogP contribution in [0.4, 0.5) is 9.59 Å². The van der Waals surface area contributed by atoms with Crippen molar-refractivity contribution in [1.82, 2.24) is 15.5 Å². The molecule has 3 N–H and O–H groups in total. The van der Waals surface area contributed by atoms with Gasteiger partial charge in [0.2, 0.25) is 5.91 Å². The Labute approximate surface area is 306 Å². The van der Waals surface area contributed by atoms with Crippen LogP contribution in [-0.4, -0.2) is 112 Å². The summed E-state index contributed by atoms with van der Waals surface area (Å²) < 4.78 is 21.6. The molecule has 292 valence electrons.